The molecule has 4 nitrogen and oxygen atoms in total. The lowest BCUT2D eigenvalue weighted by atomic mass is 10.1. The molecule has 0 radical (unpaired) electrons. The first-order chi connectivity index (χ1) is 6.11. The van der Waals surface area contributed by atoms with Crippen LogP contribution in [0.15, 0.2) is 0 Å². The molecule has 0 saturated heterocycles. The van der Waals surface area contributed by atoms with Crippen LogP contribution in [0.25, 0.3) is 0 Å². The zero-order valence-corrected chi connectivity index (χ0v) is 8.45. The third-order valence-electron chi connectivity index (χ3n) is 1.58. The third kappa shape index (κ3) is 5.22. The van der Waals surface area contributed by atoms with Gasteiger partial charge < -0.3 is 4.74 Å². The first-order valence-corrected chi connectivity index (χ1v) is 4.50. The molecule has 0 aliphatic heterocycles. The number of rotatable bonds is 5. The first-order valence-electron chi connectivity index (χ1n) is 4.50. The summed E-state index contributed by atoms with van der Waals surface area (Å²) in [4.78, 5) is 22.6. The Labute approximate surface area is 78.9 Å². The molecule has 0 N–H and O–H groups in total. The van der Waals surface area contributed by atoms with Crippen LogP contribution in [0.1, 0.15) is 27.2 Å². The summed E-state index contributed by atoms with van der Waals surface area (Å²) >= 11 is 0. The van der Waals surface area contributed by atoms with Crippen LogP contribution in [0, 0.1) is 5.92 Å². The highest BCUT2D eigenvalue weighted by atomic mass is 16.6. The van der Waals surface area contributed by atoms with Crippen LogP contribution < -0.4 is 0 Å². The minimum absolute atomic E-state index is 0.296. The number of ether oxygens (including phenoxy) is 1. The molecule has 0 fully saturated rings. The molecule has 0 aromatic carbocycles. The normalized spacial score (nSPS) is 9.85. The lowest BCUT2D eigenvalue weighted by Crippen LogP contribution is -2.31. The fraction of sp³-hybridized carbons (Fsp3) is 0.778. The predicted molar refractivity (Wildman–Crippen MR) is 49.2 cm³/mol. The molecule has 0 unspecified atom stereocenters. The molecule has 0 atom stereocenters. The van der Waals surface area contributed by atoms with Gasteiger partial charge in [-0.05, 0) is 19.3 Å². The van der Waals surface area contributed by atoms with E-state index < -0.39 is 6.09 Å². The van der Waals surface area contributed by atoms with Crippen LogP contribution >= 0.6 is 0 Å². The second kappa shape index (κ2) is 6.46. The first kappa shape index (κ1) is 11.9. The maximum absolute atomic E-state index is 11.1. The van der Waals surface area contributed by atoms with E-state index in [1.807, 2.05) is 13.8 Å². The Morgan fingerprint density at radius 2 is 2.15 bits per heavy atom. The van der Waals surface area contributed by atoms with Crippen molar-refractivity contribution in [2.24, 2.45) is 5.92 Å². The molecule has 0 aromatic heterocycles. The molecule has 0 aliphatic rings. The van der Waals surface area contributed by atoms with Gasteiger partial charge in [-0.1, -0.05) is 13.8 Å². The van der Waals surface area contributed by atoms with E-state index in [-0.39, 0.29) is 0 Å². The molecule has 0 aliphatic carbocycles. The van der Waals surface area contributed by atoms with Crippen molar-refractivity contribution in [2.45, 2.75) is 27.2 Å². The second-order valence-electron chi connectivity index (χ2n) is 3.18. The lowest BCUT2D eigenvalue weighted by Gasteiger charge is -2.15. The predicted octanol–water partition coefficient (Wildman–Crippen LogP) is 1.65. The average Bonchev–Trinajstić information content (AvgIpc) is 2.05. The van der Waals surface area contributed by atoms with Gasteiger partial charge in [-0.3, -0.25) is 9.69 Å². The molecule has 0 bridgehead atoms. The van der Waals surface area contributed by atoms with Crippen LogP contribution in [0.5, 0.6) is 0 Å². The van der Waals surface area contributed by atoms with Gasteiger partial charge in [-0.2, -0.15) is 0 Å². The summed E-state index contributed by atoms with van der Waals surface area (Å²) in [7, 11) is 0. The number of carbonyl (C=O) groups excluding carboxylic acids is 2. The van der Waals surface area contributed by atoms with Gasteiger partial charge in [0.1, 0.15) is 0 Å². The van der Waals surface area contributed by atoms with Gasteiger partial charge in [0, 0.05) is 6.54 Å². The average molecular weight is 187 g/mol. The number of amides is 2. The van der Waals surface area contributed by atoms with Gasteiger partial charge in [0.25, 0.3) is 0 Å². The largest absolute Gasteiger partial charge is 0.449 e. The number of nitrogens with zero attached hydrogens (tertiary/aromatic N) is 1. The summed E-state index contributed by atoms with van der Waals surface area (Å²) < 4.78 is 4.68. The number of hydrogen-bond acceptors (Lipinski definition) is 3. The molecule has 4 heteroatoms. The highest BCUT2D eigenvalue weighted by molar-refractivity contribution is 5.80. The fourth-order valence-corrected chi connectivity index (χ4v) is 0.791. The van der Waals surface area contributed by atoms with E-state index in [4.69, 9.17) is 0 Å². The van der Waals surface area contributed by atoms with E-state index in [2.05, 4.69) is 4.74 Å². The zero-order chi connectivity index (χ0) is 10.3. The Bertz CT molecular complexity index is 168. The Hall–Kier alpha value is -1.06. The molecule has 76 valence electrons. The molecule has 13 heavy (non-hydrogen) atoms. The van der Waals surface area contributed by atoms with E-state index in [0.717, 1.165) is 11.3 Å². The molecule has 0 heterocycles. The summed E-state index contributed by atoms with van der Waals surface area (Å²) in [5.41, 5.74) is 0. The lowest BCUT2D eigenvalue weighted by molar-refractivity contribution is -0.116. The van der Waals surface area contributed by atoms with Gasteiger partial charge in [-0.25, -0.2) is 4.79 Å². The Kier molecular flexibility index (Phi) is 5.93. The Morgan fingerprint density at radius 3 is 2.54 bits per heavy atom. The van der Waals surface area contributed by atoms with Crippen molar-refractivity contribution in [1.29, 1.82) is 0 Å². The van der Waals surface area contributed by atoms with Crippen molar-refractivity contribution in [3.05, 3.63) is 0 Å². The van der Waals surface area contributed by atoms with E-state index in [0.29, 0.717) is 25.5 Å². The van der Waals surface area contributed by atoms with Crippen molar-refractivity contribution < 1.29 is 14.3 Å². The topological polar surface area (TPSA) is 46.6 Å². The fourth-order valence-electron chi connectivity index (χ4n) is 0.791. The van der Waals surface area contributed by atoms with Crippen molar-refractivity contribution in [3.8, 4) is 0 Å². The molecule has 0 aromatic rings. The molecular formula is C9H17NO3. The minimum atomic E-state index is -0.557. The summed E-state index contributed by atoms with van der Waals surface area (Å²) in [5, 5.41) is 0. The highest BCUT2D eigenvalue weighted by Crippen LogP contribution is 2.01. The smallest absolute Gasteiger partial charge is 0.416 e. The van der Waals surface area contributed by atoms with E-state index >= 15 is 0 Å². The van der Waals surface area contributed by atoms with Crippen molar-refractivity contribution in [2.75, 3.05) is 13.2 Å². The van der Waals surface area contributed by atoms with Gasteiger partial charge in [0.05, 0.1) is 6.61 Å². The van der Waals surface area contributed by atoms with E-state index in [1.165, 1.54) is 0 Å². The number of hydrogen-bond donors (Lipinski definition) is 0. The molecule has 0 spiro atoms. The Morgan fingerprint density at radius 1 is 1.54 bits per heavy atom. The summed E-state index contributed by atoms with van der Waals surface area (Å²) in [6, 6.07) is 0. The number of imide groups is 1. The monoisotopic (exact) mass is 187 g/mol. The quantitative estimate of drug-likeness (QED) is 0.615. The standard InChI is InChI=1S/C9H17NO3/c1-4-13-9(12)10(7-11)6-5-8(2)3/h7-8H,4-6H2,1-3H3. The summed E-state index contributed by atoms with van der Waals surface area (Å²) in [6.07, 6.45) is 0.760. The molecule has 0 saturated carbocycles. The van der Waals surface area contributed by atoms with E-state index in [1.54, 1.807) is 6.92 Å². The molecule has 2 amide bonds. The summed E-state index contributed by atoms with van der Waals surface area (Å²) in [5.74, 6) is 0.469. The van der Waals surface area contributed by atoms with Crippen LogP contribution in [0.3, 0.4) is 0 Å². The van der Waals surface area contributed by atoms with E-state index in [9.17, 15) is 9.59 Å². The summed E-state index contributed by atoms with van der Waals surface area (Å²) in [6.45, 7) is 6.51. The molecule has 0 rings (SSSR count). The van der Waals surface area contributed by atoms with Crippen LogP contribution in [0.4, 0.5) is 4.79 Å². The van der Waals surface area contributed by atoms with Crippen LogP contribution in [0.2, 0.25) is 0 Å². The third-order valence-corrected chi connectivity index (χ3v) is 1.58. The second-order valence-corrected chi connectivity index (χ2v) is 3.18. The van der Waals surface area contributed by atoms with Crippen molar-refractivity contribution in [1.82, 2.24) is 4.90 Å². The number of carbonyl (C=O) groups is 2. The minimum Gasteiger partial charge on any atom is -0.449 e. The molecular weight excluding hydrogens is 170 g/mol. The van der Waals surface area contributed by atoms with Gasteiger partial charge in [0.15, 0.2) is 0 Å². The Balaban J connectivity index is 3.87. The van der Waals surface area contributed by atoms with Gasteiger partial charge in [-0.15, -0.1) is 0 Å². The van der Waals surface area contributed by atoms with Crippen LogP contribution in [-0.2, 0) is 9.53 Å². The van der Waals surface area contributed by atoms with Gasteiger partial charge >= 0.3 is 6.09 Å². The SMILES string of the molecule is CCOC(=O)N(C=O)CCC(C)C. The maximum Gasteiger partial charge on any atom is 0.416 e. The maximum atomic E-state index is 11.1. The van der Waals surface area contributed by atoms with Gasteiger partial charge in [0.2, 0.25) is 6.41 Å². The van der Waals surface area contributed by atoms with Crippen molar-refractivity contribution in [3.63, 3.8) is 0 Å². The van der Waals surface area contributed by atoms with Crippen LogP contribution in [-0.4, -0.2) is 30.6 Å². The van der Waals surface area contributed by atoms with Crippen molar-refractivity contribution >= 4 is 12.5 Å². The highest BCUT2D eigenvalue weighted by Gasteiger charge is 2.12. The zero-order valence-electron chi connectivity index (χ0n) is 8.45.